The standard InChI is InChI=1S/C20H34N2O7/c1-13(2)9-14(17(26)20(11-24)12-29-20)22-18(27)15(10-23)21-16(25)7-5-6-8-19(3,4)28/h14-15,23-24,28H,1,5-12H2,2-4H3,(H,21,25)(H,22,27)/t14?,15-,20?/m0/s1. The summed E-state index contributed by atoms with van der Waals surface area (Å²) in [5, 5.41) is 33.5. The molecule has 1 aliphatic heterocycles. The van der Waals surface area contributed by atoms with Crippen LogP contribution in [-0.4, -0.2) is 76.0 Å². The molecule has 0 aliphatic carbocycles. The molecule has 0 aromatic rings. The van der Waals surface area contributed by atoms with Gasteiger partial charge in [0.25, 0.3) is 0 Å². The Morgan fingerprint density at radius 3 is 2.24 bits per heavy atom. The van der Waals surface area contributed by atoms with E-state index in [2.05, 4.69) is 17.2 Å². The van der Waals surface area contributed by atoms with Gasteiger partial charge in [-0.05, 0) is 40.0 Å². The fourth-order valence-electron chi connectivity index (χ4n) is 2.85. The van der Waals surface area contributed by atoms with Gasteiger partial charge in [0.1, 0.15) is 6.04 Å². The van der Waals surface area contributed by atoms with Crippen molar-refractivity contribution in [2.75, 3.05) is 19.8 Å². The third-order valence-corrected chi connectivity index (χ3v) is 4.66. The van der Waals surface area contributed by atoms with Gasteiger partial charge in [-0.1, -0.05) is 12.0 Å². The minimum absolute atomic E-state index is 0.0791. The van der Waals surface area contributed by atoms with Crippen molar-refractivity contribution < 1.29 is 34.4 Å². The maximum absolute atomic E-state index is 12.6. The predicted molar refractivity (Wildman–Crippen MR) is 106 cm³/mol. The number of carbonyl (C=O) groups is 3. The van der Waals surface area contributed by atoms with Gasteiger partial charge >= 0.3 is 0 Å². The molecule has 9 nitrogen and oxygen atoms in total. The second kappa shape index (κ2) is 10.8. The van der Waals surface area contributed by atoms with E-state index in [1.54, 1.807) is 20.8 Å². The predicted octanol–water partition coefficient (Wildman–Crippen LogP) is -0.424. The SMILES string of the molecule is C=C(C)CC(NC(=O)[C@H](CO)NC(=O)CCCCC(C)(C)O)C(=O)C1(CO)CO1. The monoisotopic (exact) mass is 414 g/mol. The van der Waals surface area contributed by atoms with Crippen LogP contribution in [-0.2, 0) is 19.1 Å². The third-order valence-electron chi connectivity index (χ3n) is 4.66. The van der Waals surface area contributed by atoms with E-state index in [0.29, 0.717) is 24.8 Å². The molecule has 9 heteroatoms. The van der Waals surface area contributed by atoms with Gasteiger partial charge < -0.3 is 30.7 Å². The van der Waals surface area contributed by atoms with E-state index in [1.165, 1.54) is 0 Å². The largest absolute Gasteiger partial charge is 0.394 e. The van der Waals surface area contributed by atoms with Crippen LogP contribution in [0.2, 0.25) is 0 Å². The average Bonchev–Trinajstić information content (AvgIpc) is 3.42. The third kappa shape index (κ3) is 8.61. The summed E-state index contributed by atoms with van der Waals surface area (Å²) in [7, 11) is 0. The van der Waals surface area contributed by atoms with Gasteiger partial charge in [-0.25, -0.2) is 0 Å². The Kier molecular flexibility index (Phi) is 9.41. The number of aliphatic hydroxyl groups is 3. The first-order valence-corrected chi connectivity index (χ1v) is 9.80. The summed E-state index contributed by atoms with van der Waals surface area (Å²) in [5.41, 5.74) is -1.45. The molecule has 0 radical (unpaired) electrons. The molecule has 3 atom stereocenters. The lowest BCUT2D eigenvalue weighted by molar-refractivity contribution is -0.134. The van der Waals surface area contributed by atoms with Crippen LogP contribution in [0.25, 0.3) is 0 Å². The number of Topliss-reactive ketones (excluding diaryl/α,β-unsaturated/α-hetero) is 1. The summed E-state index contributed by atoms with van der Waals surface area (Å²) >= 11 is 0. The number of hydrogen-bond acceptors (Lipinski definition) is 7. The Balaban J connectivity index is 2.61. The number of rotatable bonds is 14. The molecule has 2 unspecified atom stereocenters. The zero-order chi connectivity index (χ0) is 22.2. The molecule has 1 rings (SSSR count). The molecule has 0 spiro atoms. The molecule has 5 N–H and O–H groups in total. The summed E-state index contributed by atoms with van der Waals surface area (Å²) < 4.78 is 5.06. The van der Waals surface area contributed by atoms with Crippen molar-refractivity contribution in [2.24, 2.45) is 0 Å². The number of carbonyl (C=O) groups excluding carboxylic acids is 3. The Labute approximate surface area is 171 Å². The van der Waals surface area contributed by atoms with Crippen molar-refractivity contribution >= 4 is 17.6 Å². The lowest BCUT2D eigenvalue weighted by Crippen LogP contribution is -2.55. The molecule has 1 aliphatic rings. The second-order valence-electron chi connectivity index (χ2n) is 8.35. The summed E-state index contributed by atoms with van der Waals surface area (Å²) in [6.45, 7) is 7.78. The maximum atomic E-state index is 12.6. The molecule has 0 bridgehead atoms. The molecule has 1 fully saturated rings. The number of ketones is 1. The van der Waals surface area contributed by atoms with E-state index in [-0.39, 0.29) is 19.4 Å². The Hall–Kier alpha value is -1.81. The fourth-order valence-corrected chi connectivity index (χ4v) is 2.85. The number of amides is 2. The highest BCUT2D eigenvalue weighted by Gasteiger charge is 2.54. The van der Waals surface area contributed by atoms with Crippen LogP contribution < -0.4 is 10.6 Å². The van der Waals surface area contributed by atoms with Gasteiger partial charge in [0.15, 0.2) is 11.4 Å². The van der Waals surface area contributed by atoms with Crippen LogP contribution in [0, 0.1) is 0 Å². The molecule has 0 saturated carbocycles. The lowest BCUT2D eigenvalue weighted by atomic mass is 9.94. The highest BCUT2D eigenvalue weighted by Crippen LogP contribution is 2.29. The van der Waals surface area contributed by atoms with E-state index < -0.39 is 54.1 Å². The number of aliphatic hydroxyl groups excluding tert-OH is 2. The smallest absolute Gasteiger partial charge is 0.245 e. The summed E-state index contributed by atoms with van der Waals surface area (Å²) in [4.78, 5) is 37.2. The van der Waals surface area contributed by atoms with Gasteiger partial charge in [-0.3, -0.25) is 14.4 Å². The molecule has 1 saturated heterocycles. The molecule has 166 valence electrons. The first kappa shape index (κ1) is 25.2. The zero-order valence-corrected chi connectivity index (χ0v) is 17.5. The molecule has 0 aromatic heterocycles. The van der Waals surface area contributed by atoms with Crippen molar-refractivity contribution in [3.8, 4) is 0 Å². The summed E-state index contributed by atoms with van der Waals surface area (Å²) in [5.74, 6) is -1.58. The topological polar surface area (TPSA) is 148 Å². The first-order chi connectivity index (χ1) is 13.4. The molecule has 2 amide bonds. The maximum Gasteiger partial charge on any atom is 0.245 e. The molecular formula is C20H34N2O7. The number of nitrogens with one attached hydrogen (secondary N) is 2. The zero-order valence-electron chi connectivity index (χ0n) is 17.5. The van der Waals surface area contributed by atoms with E-state index in [9.17, 15) is 29.7 Å². The van der Waals surface area contributed by atoms with Crippen LogP contribution in [0.4, 0.5) is 0 Å². The minimum atomic E-state index is -1.30. The van der Waals surface area contributed by atoms with Crippen molar-refractivity contribution in [1.82, 2.24) is 10.6 Å². The van der Waals surface area contributed by atoms with Crippen molar-refractivity contribution in [1.29, 1.82) is 0 Å². The second-order valence-corrected chi connectivity index (χ2v) is 8.35. The van der Waals surface area contributed by atoms with Gasteiger partial charge in [-0.2, -0.15) is 0 Å². The molecule has 29 heavy (non-hydrogen) atoms. The Morgan fingerprint density at radius 1 is 1.17 bits per heavy atom. The normalized spacial score (nSPS) is 20.5. The van der Waals surface area contributed by atoms with Crippen LogP contribution in [0.15, 0.2) is 12.2 Å². The summed E-state index contributed by atoms with van der Waals surface area (Å²) in [6, 6.07) is -2.19. The first-order valence-electron chi connectivity index (χ1n) is 9.80. The van der Waals surface area contributed by atoms with Gasteiger partial charge in [-0.15, -0.1) is 6.58 Å². The minimum Gasteiger partial charge on any atom is -0.394 e. The van der Waals surface area contributed by atoms with Crippen LogP contribution in [0.3, 0.4) is 0 Å². The molecule has 1 heterocycles. The van der Waals surface area contributed by atoms with Gasteiger partial charge in [0, 0.05) is 6.42 Å². The number of ether oxygens (including phenoxy) is 1. The number of epoxide rings is 1. The van der Waals surface area contributed by atoms with Crippen LogP contribution in [0.5, 0.6) is 0 Å². The van der Waals surface area contributed by atoms with E-state index in [0.717, 1.165) is 0 Å². The van der Waals surface area contributed by atoms with E-state index >= 15 is 0 Å². The van der Waals surface area contributed by atoms with Crippen molar-refractivity contribution in [3.05, 3.63) is 12.2 Å². The van der Waals surface area contributed by atoms with Gasteiger partial charge in [0.2, 0.25) is 11.8 Å². The quantitative estimate of drug-likeness (QED) is 0.147. The lowest BCUT2D eigenvalue weighted by Gasteiger charge is -2.23. The molecule has 0 aromatic carbocycles. The van der Waals surface area contributed by atoms with Crippen molar-refractivity contribution in [2.45, 2.75) is 76.2 Å². The van der Waals surface area contributed by atoms with Gasteiger partial charge in [0.05, 0.1) is 31.5 Å². The summed E-state index contributed by atoms with van der Waals surface area (Å²) in [6.07, 6.45) is 2.02. The van der Waals surface area contributed by atoms with Crippen LogP contribution in [0.1, 0.15) is 52.9 Å². The highest BCUT2D eigenvalue weighted by molar-refractivity contribution is 5.98. The Bertz CT molecular complexity index is 608. The average molecular weight is 414 g/mol. The highest BCUT2D eigenvalue weighted by atomic mass is 16.6. The van der Waals surface area contributed by atoms with Crippen LogP contribution >= 0.6 is 0 Å². The number of unbranched alkanes of at least 4 members (excludes halogenated alkanes) is 1. The van der Waals surface area contributed by atoms with E-state index in [1.807, 2.05) is 0 Å². The number of hydrogen-bond donors (Lipinski definition) is 5. The molecular weight excluding hydrogens is 380 g/mol. The fraction of sp³-hybridized carbons (Fsp3) is 0.750. The van der Waals surface area contributed by atoms with E-state index in [4.69, 9.17) is 4.74 Å². The van der Waals surface area contributed by atoms with Crippen molar-refractivity contribution in [3.63, 3.8) is 0 Å². The Morgan fingerprint density at radius 2 is 1.79 bits per heavy atom.